The molecular weight excluding hydrogens is 270 g/mol. The minimum atomic E-state index is 0.756. The molecule has 0 aliphatic carbocycles. The summed E-state index contributed by atoms with van der Waals surface area (Å²) in [5, 5.41) is 5.99. The quantitative estimate of drug-likeness (QED) is 0.582. The molecule has 2 aromatic carbocycles. The van der Waals surface area contributed by atoms with Gasteiger partial charge >= 0.3 is 0 Å². The Labute approximate surface area is 128 Å². The number of pyridine rings is 2. The first kappa shape index (κ1) is 12.8. The van der Waals surface area contributed by atoms with Crippen molar-refractivity contribution in [3.05, 3.63) is 78.6 Å². The normalized spacial score (nSPS) is 10.9. The van der Waals surface area contributed by atoms with Crippen LogP contribution < -0.4 is 10.3 Å². The zero-order valence-electron chi connectivity index (χ0n) is 12.1. The largest absolute Gasteiger partial charge is 0.380 e. The highest BCUT2D eigenvalue weighted by Crippen LogP contribution is 2.28. The van der Waals surface area contributed by atoms with E-state index in [0.717, 1.165) is 23.3 Å². The van der Waals surface area contributed by atoms with Gasteiger partial charge in [-0.15, -0.1) is 0 Å². The van der Waals surface area contributed by atoms with Crippen molar-refractivity contribution in [1.29, 1.82) is 0 Å². The number of nitrogens with zero attached hydrogens (tertiary/aromatic N) is 1. The number of anilines is 1. The smallest absolute Gasteiger partial charge is 0.213 e. The van der Waals surface area contributed by atoms with Crippen molar-refractivity contribution >= 4 is 27.5 Å². The van der Waals surface area contributed by atoms with E-state index in [4.69, 9.17) is 0 Å². The van der Waals surface area contributed by atoms with E-state index in [9.17, 15) is 0 Å². The number of hydrogen-bond acceptors (Lipinski definition) is 2. The van der Waals surface area contributed by atoms with Crippen LogP contribution in [-0.4, -0.2) is 4.98 Å². The van der Waals surface area contributed by atoms with E-state index in [0.29, 0.717) is 0 Å². The number of H-pyrrole nitrogens is 1. The van der Waals surface area contributed by atoms with Gasteiger partial charge in [-0.25, -0.2) is 4.98 Å². The van der Waals surface area contributed by atoms with Crippen LogP contribution in [0.1, 0.15) is 5.56 Å². The first-order chi connectivity index (χ1) is 10.9. The summed E-state index contributed by atoms with van der Waals surface area (Å²) >= 11 is 0. The maximum absolute atomic E-state index is 4.18. The maximum atomic E-state index is 4.18. The molecule has 22 heavy (non-hydrogen) atoms. The van der Waals surface area contributed by atoms with Crippen molar-refractivity contribution in [3.63, 3.8) is 0 Å². The molecule has 3 nitrogen and oxygen atoms in total. The topological polar surface area (TPSA) is 39.1 Å². The average molecular weight is 286 g/mol. The number of nitrogens with one attached hydrogen (secondary N) is 2. The second-order valence-electron chi connectivity index (χ2n) is 5.31. The fourth-order valence-electron chi connectivity index (χ4n) is 2.79. The second-order valence-corrected chi connectivity index (χ2v) is 5.31. The predicted molar refractivity (Wildman–Crippen MR) is 89.6 cm³/mol. The summed E-state index contributed by atoms with van der Waals surface area (Å²) < 4.78 is 0. The third kappa shape index (κ3) is 2.27. The van der Waals surface area contributed by atoms with Gasteiger partial charge in [0.1, 0.15) is 0 Å². The van der Waals surface area contributed by atoms with E-state index in [1.165, 1.54) is 16.3 Å². The molecule has 3 heteroatoms. The van der Waals surface area contributed by atoms with E-state index in [1.807, 2.05) is 12.3 Å². The Kier molecular flexibility index (Phi) is 3.16. The van der Waals surface area contributed by atoms with Crippen molar-refractivity contribution in [2.45, 2.75) is 6.54 Å². The van der Waals surface area contributed by atoms with Gasteiger partial charge in [-0.2, -0.15) is 0 Å². The van der Waals surface area contributed by atoms with E-state index in [2.05, 4.69) is 69.9 Å². The first-order valence-electron chi connectivity index (χ1n) is 7.37. The van der Waals surface area contributed by atoms with E-state index >= 15 is 0 Å². The Morgan fingerprint density at radius 2 is 1.50 bits per heavy atom. The number of benzene rings is 2. The Bertz CT molecular complexity index is 879. The predicted octanol–water partition coefficient (Wildman–Crippen LogP) is 3.81. The second kappa shape index (κ2) is 5.45. The molecule has 2 heterocycles. The lowest BCUT2D eigenvalue weighted by molar-refractivity contribution is -0.310. The molecule has 106 valence electrons. The first-order valence-corrected chi connectivity index (χ1v) is 7.37. The highest BCUT2D eigenvalue weighted by Gasteiger charge is 2.12. The Hall–Kier alpha value is -2.94. The lowest BCUT2D eigenvalue weighted by Crippen LogP contribution is -2.09. The minimum absolute atomic E-state index is 0.756. The van der Waals surface area contributed by atoms with Crippen LogP contribution in [0.25, 0.3) is 21.8 Å². The lowest BCUT2D eigenvalue weighted by Gasteiger charge is -2.10. The molecule has 0 radical (unpaired) electrons. The van der Waals surface area contributed by atoms with Gasteiger partial charge in [-0.05, 0) is 23.8 Å². The van der Waals surface area contributed by atoms with Crippen molar-refractivity contribution in [3.8, 4) is 0 Å². The SMILES string of the molecule is c1cncc(CNc2c3ccccc3[nH+]c3ccccc23)c1. The van der Waals surface area contributed by atoms with Crippen LogP contribution in [0.15, 0.2) is 73.1 Å². The Morgan fingerprint density at radius 1 is 0.818 bits per heavy atom. The minimum Gasteiger partial charge on any atom is -0.380 e. The van der Waals surface area contributed by atoms with Crippen molar-refractivity contribution in [1.82, 2.24) is 4.98 Å². The highest BCUT2D eigenvalue weighted by atomic mass is 14.9. The molecule has 0 aliphatic heterocycles. The molecule has 0 atom stereocenters. The zero-order valence-corrected chi connectivity index (χ0v) is 12.1. The monoisotopic (exact) mass is 286 g/mol. The molecule has 0 unspecified atom stereocenters. The standard InChI is InChI=1S/C19H15N3/c1-3-9-17-15(7-1)19(16-8-2-4-10-18(16)22-17)21-13-14-6-5-11-20-12-14/h1-12H,13H2,(H,21,22)/p+1. The van der Waals surface area contributed by atoms with E-state index < -0.39 is 0 Å². The van der Waals surface area contributed by atoms with Crippen molar-refractivity contribution in [2.75, 3.05) is 5.32 Å². The fraction of sp³-hybridized carbons (Fsp3) is 0.0526. The average Bonchev–Trinajstić information content (AvgIpc) is 2.59. The molecule has 0 bridgehead atoms. The van der Waals surface area contributed by atoms with E-state index in [1.54, 1.807) is 6.20 Å². The molecule has 2 aromatic heterocycles. The number of aromatic amines is 1. The Balaban J connectivity index is 1.85. The third-order valence-electron chi connectivity index (χ3n) is 3.85. The molecule has 0 saturated heterocycles. The summed E-state index contributed by atoms with van der Waals surface area (Å²) in [5.41, 5.74) is 4.60. The van der Waals surface area contributed by atoms with Crippen LogP contribution in [0.2, 0.25) is 0 Å². The summed E-state index contributed by atoms with van der Waals surface area (Å²) in [5.74, 6) is 0. The number of aromatic nitrogens is 2. The van der Waals surface area contributed by atoms with Gasteiger partial charge in [0.2, 0.25) is 11.0 Å². The van der Waals surface area contributed by atoms with Gasteiger partial charge < -0.3 is 5.32 Å². The van der Waals surface area contributed by atoms with Crippen LogP contribution in [0.5, 0.6) is 0 Å². The van der Waals surface area contributed by atoms with Gasteiger partial charge in [0.15, 0.2) is 0 Å². The third-order valence-corrected chi connectivity index (χ3v) is 3.85. The Morgan fingerprint density at radius 3 is 2.14 bits per heavy atom. The zero-order chi connectivity index (χ0) is 14.8. The highest BCUT2D eigenvalue weighted by molar-refractivity contribution is 6.04. The summed E-state index contributed by atoms with van der Waals surface area (Å²) in [6.45, 7) is 0.756. The number of para-hydroxylation sites is 2. The summed E-state index contributed by atoms with van der Waals surface area (Å²) in [6, 6.07) is 20.8. The summed E-state index contributed by atoms with van der Waals surface area (Å²) in [6.07, 6.45) is 3.69. The van der Waals surface area contributed by atoms with Crippen LogP contribution >= 0.6 is 0 Å². The van der Waals surface area contributed by atoms with Gasteiger partial charge in [0.05, 0.1) is 16.5 Å². The van der Waals surface area contributed by atoms with Gasteiger partial charge in [-0.3, -0.25) is 4.98 Å². The molecule has 0 saturated carbocycles. The maximum Gasteiger partial charge on any atom is 0.213 e. The molecule has 2 N–H and O–H groups in total. The molecule has 0 spiro atoms. The number of hydrogen-bond donors (Lipinski definition) is 1. The molecule has 0 amide bonds. The van der Waals surface area contributed by atoms with Crippen molar-refractivity contribution in [2.24, 2.45) is 0 Å². The molecule has 0 aliphatic rings. The van der Waals surface area contributed by atoms with Gasteiger partial charge in [0.25, 0.3) is 0 Å². The fourth-order valence-corrected chi connectivity index (χ4v) is 2.79. The van der Waals surface area contributed by atoms with Gasteiger partial charge in [-0.1, -0.05) is 30.3 Å². The summed E-state index contributed by atoms with van der Waals surface area (Å²) in [7, 11) is 0. The van der Waals surface area contributed by atoms with Crippen molar-refractivity contribution < 1.29 is 4.98 Å². The van der Waals surface area contributed by atoms with Crippen LogP contribution in [0.3, 0.4) is 0 Å². The van der Waals surface area contributed by atoms with E-state index in [-0.39, 0.29) is 0 Å². The summed E-state index contributed by atoms with van der Waals surface area (Å²) in [4.78, 5) is 7.67. The molecule has 4 aromatic rings. The van der Waals surface area contributed by atoms with Crippen LogP contribution in [0.4, 0.5) is 5.69 Å². The van der Waals surface area contributed by atoms with Gasteiger partial charge in [0, 0.05) is 31.1 Å². The lowest BCUT2D eigenvalue weighted by atomic mass is 10.1. The van der Waals surface area contributed by atoms with Crippen LogP contribution in [-0.2, 0) is 6.54 Å². The van der Waals surface area contributed by atoms with Crippen LogP contribution in [0, 0.1) is 0 Å². The number of fused-ring (bicyclic) bond motifs is 2. The molecule has 4 rings (SSSR count). The molecule has 0 fully saturated rings. The molecular formula is C19H16N3+. The number of rotatable bonds is 3.